The summed E-state index contributed by atoms with van der Waals surface area (Å²) in [6, 6.07) is 5.43. The second-order valence-electron chi connectivity index (χ2n) is 8.08. The van der Waals surface area contributed by atoms with Crippen LogP contribution in [0.25, 0.3) is 11.0 Å². The smallest absolute Gasteiger partial charge is 0.330 e. The summed E-state index contributed by atoms with van der Waals surface area (Å²) in [4.78, 5) is 49.1. The van der Waals surface area contributed by atoms with Crippen LogP contribution in [0.2, 0.25) is 0 Å². The molecule has 2 N–H and O–H groups in total. The summed E-state index contributed by atoms with van der Waals surface area (Å²) < 4.78 is 1.44. The maximum absolute atomic E-state index is 13.0. The summed E-state index contributed by atoms with van der Waals surface area (Å²) in [5, 5.41) is 3.01. The highest BCUT2D eigenvalue weighted by molar-refractivity contribution is 6.05. The predicted octanol–water partition coefficient (Wildman–Crippen LogP) is 2.23. The van der Waals surface area contributed by atoms with Crippen molar-refractivity contribution in [3.05, 3.63) is 68.3 Å². The molecule has 0 radical (unpaired) electrons. The van der Waals surface area contributed by atoms with E-state index in [1.54, 1.807) is 18.5 Å². The van der Waals surface area contributed by atoms with E-state index in [1.165, 1.54) is 4.57 Å². The molecule has 30 heavy (non-hydrogen) atoms. The van der Waals surface area contributed by atoms with Crippen molar-refractivity contribution in [2.75, 3.05) is 6.54 Å². The van der Waals surface area contributed by atoms with Crippen molar-refractivity contribution in [2.45, 2.75) is 46.6 Å². The topological polar surface area (TPSA) is 110 Å². The fourth-order valence-corrected chi connectivity index (χ4v) is 3.26. The van der Waals surface area contributed by atoms with Gasteiger partial charge < -0.3 is 5.32 Å². The van der Waals surface area contributed by atoms with Gasteiger partial charge in [0.1, 0.15) is 0 Å². The van der Waals surface area contributed by atoms with E-state index in [-0.39, 0.29) is 34.3 Å². The van der Waals surface area contributed by atoms with Crippen LogP contribution in [0.5, 0.6) is 0 Å². The number of hydrogen-bond donors (Lipinski definition) is 2. The van der Waals surface area contributed by atoms with E-state index in [2.05, 4.69) is 20.3 Å². The van der Waals surface area contributed by atoms with Crippen LogP contribution in [0.4, 0.5) is 0 Å². The predicted molar refractivity (Wildman–Crippen MR) is 116 cm³/mol. The molecule has 1 amide bonds. The molecule has 0 saturated carbocycles. The average molecular weight is 409 g/mol. The lowest BCUT2D eigenvalue weighted by Crippen LogP contribution is -2.34. The number of carbonyl (C=O) groups excluding carboxylic acids is 1. The van der Waals surface area contributed by atoms with Crippen LogP contribution in [-0.4, -0.2) is 32.0 Å². The van der Waals surface area contributed by atoms with Gasteiger partial charge in [0.15, 0.2) is 5.65 Å². The van der Waals surface area contributed by atoms with Crippen molar-refractivity contribution < 1.29 is 4.79 Å². The minimum absolute atomic E-state index is 0.0261. The number of pyridine rings is 2. The number of rotatable bonds is 7. The fourth-order valence-electron chi connectivity index (χ4n) is 3.26. The molecule has 0 bridgehead atoms. The van der Waals surface area contributed by atoms with E-state index in [4.69, 9.17) is 0 Å². The number of hydrogen-bond acceptors (Lipinski definition) is 5. The second kappa shape index (κ2) is 9.02. The van der Waals surface area contributed by atoms with Crippen LogP contribution in [0.15, 0.2) is 40.2 Å². The van der Waals surface area contributed by atoms with Gasteiger partial charge in [-0.15, -0.1) is 0 Å². The first kappa shape index (κ1) is 21.4. The van der Waals surface area contributed by atoms with Gasteiger partial charge >= 0.3 is 5.69 Å². The second-order valence-corrected chi connectivity index (χ2v) is 8.08. The molecular weight excluding hydrogens is 382 g/mol. The van der Waals surface area contributed by atoms with Gasteiger partial charge in [0, 0.05) is 31.2 Å². The normalized spacial score (nSPS) is 11.4. The van der Waals surface area contributed by atoms with Crippen LogP contribution in [0.3, 0.4) is 0 Å². The first-order chi connectivity index (χ1) is 14.3. The molecule has 0 atom stereocenters. The Morgan fingerprint density at radius 3 is 2.63 bits per heavy atom. The van der Waals surface area contributed by atoms with Gasteiger partial charge in [-0.2, -0.15) is 0 Å². The van der Waals surface area contributed by atoms with Gasteiger partial charge in [-0.05, 0) is 36.0 Å². The highest BCUT2D eigenvalue weighted by Gasteiger charge is 2.20. The molecule has 0 aliphatic rings. The molecule has 3 aromatic heterocycles. The van der Waals surface area contributed by atoms with Crippen molar-refractivity contribution in [3.63, 3.8) is 0 Å². The average Bonchev–Trinajstić information content (AvgIpc) is 2.70. The van der Waals surface area contributed by atoms with Gasteiger partial charge in [-0.25, -0.2) is 9.78 Å². The van der Waals surface area contributed by atoms with Gasteiger partial charge in [0.2, 0.25) is 0 Å². The number of amides is 1. The Hall–Kier alpha value is -3.29. The molecule has 0 unspecified atom stereocenters. The molecule has 0 aliphatic heterocycles. The quantitative estimate of drug-likeness (QED) is 0.622. The van der Waals surface area contributed by atoms with Gasteiger partial charge in [-0.3, -0.25) is 24.1 Å². The van der Waals surface area contributed by atoms with Crippen molar-refractivity contribution in [1.82, 2.24) is 24.8 Å². The first-order valence-corrected chi connectivity index (χ1v) is 10.1. The summed E-state index contributed by atoms with van der Waals surface area (Å²) in [7, 11) is 0. The lowest BCUT2D eigenvalue weighted by atomic mass is 10.0. The number of H-pyrrole nitrogens is 1. The molecule has 8 nitrogen and oxygen atoms in total. The van der Waals surface area contributed by atoms with Gasteiger partial charge in [0.05, 0.1) is 10.9 Å². The number of aromatic amines is 1. The third-order valence-electron chi connectivity index (χ3n) is 4.77. The van der Waals surface area contributed by atoms with Gasteiger partial charge in [-0.1, -0.05) is 33.8 Å². The zero-order valence-corrected chi connectivity index (χ0v) is 17.7. The Morgan fingerprint density at radius 1 is 1.23 bits per heavy atom. The van der Waals surface area contributed by atoms with Crippen molar-refractivity contribution in [1.29, 1.82) is 0 Å². The zero-order chi connectivity index (χ0) is 21.8. The van der Waals surface area contributed by atoms with Crippen LogP contribution in [-0.2, 0) is 13.0 Å². The Morgan fingerprint density at radius 2 is 2.00 bits per heavy atom. The largest absolute Gasteiger partial charge is 0.352 e. The minimum atomic E-state index is -0.602. The number of nitrogens with one attached hydrogen (secondary N) is 2. The molecule has 3 aromatic rings. The van der Waals surface area contributed by atoms with Gasteiger partial charge in [0.25, 0.3) is 11.5 Å². The van der Waals surface area contributed by atoms with Crippen molar-refractivity contribution in [3.8, 4) is 0 Å². The molecular formula is C22H27N5O3. The monoisotopic (exact) mass is 409 g/mol. The first-order valence-electron chi connectivity index (χ1n) is 10.1. The maximum atomic E-state index is 13.0. The summed E-state index contributed by atoms with van der Waals surface area (Å²) in [5.74, 6) is -0.176. The molecule has 0 saturated heterocycles. The minimum Gasteiger partial charge on any atom is -0.352 e. The fraction of sp³-hybridized carbons (Fsp3) is 0.409. The maximum Gasteiger partial charge on any atom is 0.330 e. The summed E-state index contributed by atoms with van der Waals surface area (Å²) >= 11 is 0. The number of nitrogens with zero attached hydrogens (tertiary/aromatic N) is 3. The SMILES string of the molecule is CC(C)Cn1c(=O)[nH]c(=O)c2c(C(=O)NCCc3cccnc3)cc(C(C)C)nc21. The molecule has 0 aromatic carbocycles. The van der Waals surface area contributed by atoms with E-state index >= 15 is 0 Å². The molecule has 158 valence electrons. The highest BCUT2D eigenvalue weighted by atomic mass is 16.2. The summed E-state index contributed by atoms with van der Waals surface area (Å²) in [5.41, 5.74) is 1.02. The highest BCUT2D eigenvalue weighted by Crippen LogP contribution is 2.20. The van der Waals surface area contributed by atoms with E-state index in [0.29, 0.717) is 25.2 Å². The van der Waals surface area contributed by atoms with Crippen LogP contribution in [0.1, 0.15) is 55.2 Å². The van der Waals surface area contributed by atoms with E-state index in [1.807, 2.05) is 39.8 Å². The lowest BCUT2D eigenvalue weighted by Gasteiger charge is -2.16. The molecule has 8 heteroatoms. The number of aromatic nitrogens is 4. The third-order valence-corrected chi connectivity index (χ3v) is 4.77. The van der Waals surface area contributed by atoms with E-state index in [9.17, 15) is 14.4 Å². The molecule has 3 heterocycles. The molecule has 0 spiro atoms. The molecule has 0 fully saturated rings. The van der Waals surface area contributed by atoms with Crippen LogP contribution >= 0.6 is 0 Å². The molecule has 3 rings (SSSR count). The standard InChI is InChI=1S/C22H27N5O3/c1-13(2)12-27-19-18(21(29)26-22(27)30)16(10-17(25-19)14(3)4)20(28)24-9-7-15-6-5-8-23-11-15/h5-6,8,10-11,13-14H,7,9,12H2,1-4H3,(H,24,28)(H,26,29,30). The molecule has 0 aliphatic carbocycles. The summed E-state index contributed by atoms with van der Waals surface area (Å²) in [6.07, 6.45) is 4.07. The van der Waals surface area contributed by atoms with E-state index < -0.39 is 11.2 Å². The zero-order valence-electron chi connectivity index (χ0n) is 17.7. The van der Waals surface area contributed by atoms with Crippen LogP contribution in [0, 0.1) is 5.92 Å². The lowest BCUT2D eigenvalue weighted by molar-refractivity contribution is 0.0955. The summed E-state index contributed by atoms with van der Waals surface area (Å²) in [6.45, 7) is 8.65. The van der Waals surface area contributed by atoms with Crippen molar-refractivity contribution in [2.24, 2.45) is 5.92 Å². The van der Waals surface area contributed by atoms with Crippen molar-refractivity contribution >= 4 is 16.9 Å². The third kappa shape index (κ3) is 4.64. The number of carbonyl (C=O) groups is 1. The Kier molecular flexibility index (Phi) is 6.44. The number of fused-ring (bicyclic) bond motifs is 1. The van der Waals surface area contributed by atoms with Crippen LogP contribution < -0.4 is 16.6 Å². The Balaban J connectivity index is 2.05. The van der Waals surface area contributed by atoms with E-state index in [0.717, 1.165) is 5.56 Å². The Labute approximate surface area is 174 Å². The Bertz CT molecular complexity index is 1160.